The lowest BCUT2D eigenvalue weighted by Crippen LogP contribution is -2.51. The minimum atomic E-state index is -0.850. The van der Waals surface area contributed by atoms with Gasteiger partial charge < -0.3 is 9.52 Å². The molecule has 1 heterocycles. The fourth-order valence-electron chi connectivity index (χ4n) is 3.29. The number of hydrogen-bond donors (Lipinski definition) is 2. The van der Waals surface area contributed by atoms with Crippen LogP contribution in [-0.2, 0) is 10.3 Å². The standard InChI is InChI=1S/C17H22N2O3/c1-11-6-7-14-13(10-11)18-16(22-14)17(8-4-3-5-9-17)19-12(2)15(20)21/h6-7,10,12,19H,3-5,8-9H2,1-2H3,(H,20,21)/t12-/m0/s1. The van der Waals surface area contributed by atoms with Crippen molar-refractivity contribution in [3.8, 4) is 0 Å². The van der Waals surface area contributed by atoms with Crippen molar-refractivity contribution < 1.29 is 14.3 Å². The van der Waals surface area contributed by atoms with Crippen LogP contribution in [0.1, 0.15) is 50.5 Å². The minimum absolute atomic E-state index is 0.469. The zero-order valence-electron chi connectivity index (χ0n) is 13.1. The molecule has 0 bridgehead atoms. The molecule has 0 saturated heterocycles. The maximum Gasteiger partial charge on any atom is 0.320 e. The van der Waals surface area contributed by atoms with Crippen LogP contribution in [0.5, 0.6) is 0 Å². The number of aryl methyl sites for hydroxylation is 1. The van der Waals surface area contributed by atoms with E-state index in [0.717, 1.165) is 42.3 Å². The van der Waals surface area contributed by atoms with E-state index < -0.39 is 17.6 Å². The Hall–Kier alpha value is -1.88. The predicted octanol–water partition coefficient (Wildman–Crippen LogP) is 3.36. The number of carboxylic acids is 1. The van der Waals surface area contributed by atoms with Crippen LogP contribution in [0, 0.1) is 6.92 Å². The lowest BCUT2D eigenvalue weighted by atomic mass is 9.81. The molecular formula is C17H22N2O3. The molecule has 1 saturated carbocycles. The molecule has 0 radical (unpaired) electrons. The van der Waals surface area contributed by atoms with Gasteiger partial charge in [-0.15, -0.1) is 0 Å². The van der Waals surface area contributed by atoms with Crippen molar-refractivity contribution >= 4 is 17.1 Å². The van der Waals surface area contributed by atoms with E-state index in [1.165, 1.54) is 6.42 Å². The summed E-state index contributed by atoms with van der Waals surface area (Å²) in [5.74, 6) is -0.224. The van der Waals surface area contributed by atoms with Crippen LogP contribution in [0.4, 0.5) is 0 Å². The van der Waals surface area contributed by atoms with E-state index >= 15 is 0 Å². The third kappa shape index (κ3) is 2.73. The second-order valence-electron chi connectivity index (χ2n) is 6.34. The van der Waals surface area contributed by atoms with E-state index in [1.54, 1.807) is 6.92 Å². The van der Waals surface area contributed by atoms with Crippen molar-refractivity contribution in [3.05, 3.63) is 29.7 Å². The van der Waals surface area contributed by atoms with Crippen LogP contribution in [0.3, 0.4) is 0 Å². The van der Waals surface area contributed by atoms with E-state index in [9.17, 15) is 9.90 Å². The first-order valence-electron chi connectivity index (χ1n) is 7.88. The molecule has 3 rings (SSSR count). The monoisotopic (exact) mass is 302 g/mol. The molecule has 2 aromatic rings. The van der Waals surface area contributed by atoms with Crippen LogP contribution < -0.4 is 5.32 Å². The smallest absolute Gasteiger partial charge is 0.320 e. The Labute approximate surface area is 129 Å². The number of carbonyl (C=O) groups is 1. The van der Waals surface area contributed by atoms with Crippen LogP contribution >= 0.6 is 0 Å². The van der Waals surface area contributed by atoms with Crippen LogP contribution in [0.2, 0.25) is 0 Å². The van der Waals surface area contributed by atoms with Crippen molar-refractivity contribution in [1.82, 2.24) is 10.3 Å². The predicted molar refractivity (Wildman–Crippen MR) is 83.7 cm³/mol. The average molecular weight is 302 g/mol. The second-order valence-corrected chi connectivity index (χ2v) is 6.34. The van der Waals surface area contributed by atoms with E-state index in [0.29, 0.717) is 5.89 Å². The van der Waals surface area contributed by atoms with Gasteiger partial charge in [0.1, 0.15) is 11.6 Å². The molecule has 118 valence electrons. The summed E-state index contributed by atoms with van der Waals surface area (Å²) in [7, 11) is 0. The first kappa shape index (κ1) is 15.0. The molecule has 1 aromatic heterocycles. The maximum absolute atomic E-state index is 11.2. The highest BCUT2D eigenvalue weighted by atomic mass is 16.4. The molecule has 5 heteroatoms. The van der Waals surface area contributed by atoms with Gasteiger partial charge in [-0.2, -0.15) is 0 Å². The summed E-state index contributed by atoms with van der Waals surface area (Å²) in [6, 6.07) is 5.30. The van der Waals surface area contributed by atoms with E-state index in [1.807, 2.05) is 25.1 Å². The number of fused-ring (bicyclic) bond motifs is 1. The SMILES string of the molecule is Cc1ccc2oc(C3(N[C@@H](C)C(=O)O)CCCCC3)nc2c1. The fraction of sp³-hybridized carbons (Fsp3) is 0.529. The fourth-order valence-corrected chi connectivity index (χ4v) is 3.29. The molecular weight excluding hydrogens is 280 g/mol. The van der Waals surface area contributed by atoms with Gasteiger partial charge in [0.2, 0.25) is 5.89 Å². The Morgan fingerprint density at radius 1 is 1.36 bits per heavy atom. The van der Waals surface area contributed by atoms with Gasteiger partial charge in [0.15, 0.2) is 5.58 Å². The summed E-state index contributed by atoms with van der Waals surface area (Å²) in [6.45, 7) is 3.69. The third-order valence-electron chi connectivity index (χ3n) is 4.52. The van der Waals surface area contributed by atoms with E-state index in [2.05, 4.69) is 10.3 Å². The summed E-state index contributed by atoms with van der Waals surface area (Å²) in [6.07, 6.45) is 4.99. The van der Waals surface area contributed by atoms with Gasteiger partial charge in [-0.25, -0.2) is 4.98 Å². The van der Waals surface area contributed by atoms with Gasteiger partial charge in [0.05, 0.1) is 5.54 Å². The molecule has 1 atom stereocenters. The molecule has 0 spiro atoms. The normalized spacial score (nSPS) is 19.2. The Morgan fingerprint density at radius 3 is 2.77 bits per heavy atom. The Bertz CT molecular complexity index is 686. The van der Waals surface area contributed by atoms with E-state index in [-0.39, 0.29) is 0 Å². The van der Waals surface area contributed by atoms with Crippen molar-refractivity contribution in [2.45, 2.75) is 57.5 Å². The largest absolute Gasteiger partial charge is 0.480 e. The van der Waals surface area contributed by atoms with Crippen molar-refractivity contribution in [2.24, 2.45) is 0 Å². The summed E-state index contributed by atoms with van der Waals surface area (Å²) >= 11 is 0. The number of carboxylic acid groups (broad SMARTS) is 1. The van der Waals surface area contributed by atoms with Gasteiger partial charge >= 0.3 is 5.97 Å². The number of hydrogen-bond acceptors (Lipinski definition) is 4. The average Bonchev–Trinajstić information content (AvgIpc) is 2.91. The molecule has 1 aliphatic rings. The highest BCUT2D eigenvalue weighted by Crippen LogP contribution is 2.38. The maximum atomic E-state index is 11.2. The number of oxazole rings is 1. The molecule has 1 fully saturated rings. The molecule has 5 nitrogen and oxygen atoms in total. The first-order chi connectivity index (χ1) is 10.5. The number of nitrogens with zero attached hydrogens (tertiary/aromatic N) is 1. The van der Waals surface area contributed by atoms with Crippen molar-refractivity contribution in [1.29, 1.82) is 0 Å². The quantitative estimate of drug-likeness (QED) is 0.905. The minimum Gasteiger partial charge on any atom is -0.480 e. The van der Waals surface area contributed by atoms with Crippen molar-refractivity contribution in [2.75, 3.05) is 0 Å². The van der Waals surface area contributed by atoms with Crippen LogP contribution in [0.25, 0.3) is 11.1 Å². The number of aliphatic carboxylic acids is 1. The third-order valence-corrected chi connectivity index (χ3v) is 4.52. The topological polar surface area (TPSA) is 75.4 Å². The van der Waals surface area contributed by atoms with Crippen molar-refractivity contribution in [3.63, 3.8) is 0 Å². The highest BCUT2D eigenvalue weighted by Gasteiger charge is 2.40. The van der Waals surface area contributed by atoms with Gasteiger partial charge in [0, 0.05) is 0 Å². The van der Waals surface area contributed by atoms with Gasteiger partial charge in [-0.05, 0) is 44.4 Å². The van der Waals surface area contributed by atoms with Crippen LogP contribution in [-0.4, -0.2) is 22.1 Å². The number of nitrogens with one attached hydrogen (secondary N) is 1. The highest BCUT2D eigenvalue weighted by molar-refractivity contribution is 5.74. The molecule has 0 amide bonds. The molecule has 0 aliphatic heterocycles. The molecule has 0 unspecified atom stereocenters. The van der Waals surface area contributed by atoms with Gasteiger partial charge in [-0.3, -0.25) is 10.1 Å². The number of rotatable bonds is 4. The lowest BCUT2D eigenvalue weighted by Gasteiger charge is -2.36. The zero-order chi connectivity index (χ0) is 15.7. The zero-order valence-corrected chi connectivity index (χ0v) is 13.1. The summed E-state index contributed by atoms with van der Waals surface area (Å²) in [5.41, 5.74) is 2.26. The summed E-state index contributed by atoms with van der Waals surface area (Å²) in [5, 5.41) is 12.5. The van der Waals surface area contributed by atoms with Crippen LogP contribution in [0.15, 0.2) is 22.6 Å². The molecule has 22 heavy (non-hydrogen) atoms. The first-order valence-corrected chi connectivity index (χ1v) is 7.88. The second kappa shape index (κ2) is 5.72. The lowest BCUT2D eigenvalue weighted by molar-refractivity contribution is -0.139. The Balaban J connectivity index is 2.01. The Morgan fingerprint density at radius 2 is 2.09 bits per heavy atom. The Kier molecular flexibility index (Phi) is 3.91. The molecule has 1 aliphatic carbocycles. The summed E-state index contributed by atoms with van der Waals surface area (Å²) in [4.78, 5) is 15.9. The molecule has 1 aromatic carbocycles. The number of benzene rings is 1. The van der Waals surface area contributed by atoms with Gasteiger partial charge in [0.25, 0.3) is 0 Å². The number of aromatic nitrogens is 1. The summed E-state index contributed by atoms with van der Waals surface area (Å²) < 4.78 is 5.98. The van der Waals surface area contributed by atoms with E-state index in [4.69, 9.17) is 4.42 Å². The van der Waals surface area contributed by atoms with Gasteiger partial charge in [-0.1, -0.05) is 25.3 Å². The molecule has 2 N–H and O–H groups in total.